The van der Waals surface area contributed by atoms with E-state index in [4.69, 9.17) is 14.2 Å². The summed E-state index contributed by atoms with van der Waals surface area (Å²) in [6.45, 7) is 0.951. The second-order valence-corrected chi connectivity index (χ2v) is 5.68. The van der Waals surface area contributed by atoms with Gasteiger partial charge in [0.2, 0.25) is 0 Å². The highest BCUT2D eigenvalue weighted by molar-refractivity contribution is 14.0. The van der Waals surface area contributed by atoms with Crippen LogP contribution in [0.1, 0.15) is 10.4 Å². The van der Waals surface area contributed by atoms with Crippen LogP contribution < -0.4 is 30.2 Å². The van der Waals surface area contributed by atoms with Crippen molar-refractivity contribution in [1.82, 2.24) is 10.6 Å². The van der Waals surface area contributed by atoms with Crippen molar-refractivity contribution in [1.29, 1.82) is 0 Å². The minimum atomic E-state index is -0.146. The number of benzene rings is 2. The third kappa shape index (κ3) is 7.33. The fourth-order valence-corrected chi connectivity index (χ4v) is 2.43. The summed E-state index contributed by atoms with van der Waals surface area (Å²) < 4.78 is 15.6. The van der Waals surface area contributed by atoms with Crippen molar-refractivity contribution in [3.63, 3.8) is 0 Å². The SMILES string of the molecule is CN=C(NCCNC(=O)c1ccc(OC)cc1)Nc1ccc(OC)c(OC)c1.I. The average molecular weight is 514 g/mol. The van der Waals surface area contributed by atoms with Gasteiger partial charge in [0, 0.05) is 37.5 Å². The van der Waals surface area contributed by atoms with Gasteiger partial charge in [-0.3, -0.25) is 9.79 Å². The lowest BCUT2D eigenvalue weighted by atomic mass is 10.2. The van der Waals surface area contributed by atoms with Crippen molar-refractivity contribution in [3.05, 3.63) is 48.0 Å². The van der Waals surface area contributed by atoms with Crippen LogP contribution in [0.4, 0.5) is 5.69 Å². The number of anilines is 1. The van der Waals surface area contributed by atoms with E-state index in [1.807, 2.05) is 18.2 Å². The molecule has 2 rings (SSSR count). The Morgan fingerprint density at radius 1 is 0.897 bits per heavy atom. The van der Waals surface area contributed by atoms with E-state index in [1.165, 1.54) is 0 Å². The summed E-state index contributed by atoms with van der Waals surface area (Å²) in [6.07, 6.45) is 0. The number of guanidine groups is 1. The van der Waals surface area contributed by atoms with E-state index in [0.717, 1.165) is 5.69 Å². The number of rotatable bonds is 8. The maximum atomic E-state index is 12.1. The zero-order valence-electron chi connectivity index (χ0n) is 16.9. The van der Waals surface area contributed by atoms with Gasteiger partial charge in [0.1, 0.15) is 5.75 Å². The van der Waals surface area contributed by atoms with E-state index in [0.29, 0.717) is 41.9 Å². The van der Waals surface area contributed by atoms with E-state index in [2.05, 4.69) is 20.9 Å². The molecule has 0 aliphatic carbocycles. The predicted molar refractivity (Wildman–Crippen MR) is 125 cm³/mol. The van der Waals surface area contributed by atoms with Crippen molar-refractivity contribution in [3.8, 4) is 17.2 Å². The van der Waals surface area contributed by atoms with Gasteiger partial charge >= 0.3 is 0 Å². The fourth-order valence-electron chi connectivity index (χ4n) is 2.43. The van der Waals surface area contributed by atoms with Crippen LogP contribution in [0.2, 0.25) is 0 Å². The first-order valence-electron chi connectivity index (χ1n) is 8.73. The molecule has 0 saturated heterocycles. The van der Waals surface area contributed by atoms with Crippen LogP contribution in [0, 0.1) is 0 Å². The molecule has 0 heterocycles. The quantitative estimate of drug-likeness (QED) is 0.217. The molecule has 0 atom stereocenters. The lowest BCUT2D eigenvalue weighted by Crippen LogP contribution is -2.37. The fraction of sp³-hybridized carbons (Fsp3) is 0.300. The first-order valence-corrected chi connectivity index (χ1v) is 8.73. The third-order valence-electron chi connectivity index (χ3n) is 3.93. The molecule has 0 unspecified atom stereocenters. The minimum absolute atomic E-state index is 0. The number of ether oxygens (including phenoxy) is 3. The zero-order chi connectivity index (χ0) is 20.4. The van der Waals surface area contributed by atoms with Gasteiger partial charge in [-0.1, -0.05) is 0 Å². The molecule has 2 aromatic carbocycles. The molecule has 2 aromatic rings. The largest absolute Gasteiger partial charge is 0.497 e. The highest BCUT2D eigenvalue weighted by atomic mass is 127. The van der Waals surface area contributed by atoms with Crippen molar-refractivity contribution in [2.45, 2.75) is 0 Å². The number of amides is 1. The standard InChI is InChI=1S/C20H26N4O4.HI/c1-21-20(24-15-7-10-17(27-3)18(13-15)28-4)23-12-11-22-19(25)14-5-8-16(26-2)9-6-14;/h5-10,13H,11-12H2,1-4H3,(H,22,25)(H2,21,23,24);1H. The highest BCUT2D eigenvalue weighted by Gasteiger charge is 2.07. The number of carbonyl (C=O) groups is 1. The summed E-state index contributed by atoms with van der Waals surface area (Å²) in [5, 5.41) is 9.16. The van der Waals surface area contributed by atoms with Gasteiger partial charge in [-0.25, -0.2) is 0 Å². The first-order chi connectivity index (χ1) is 13.6. The molecule has 0 aromatic heterocycles. The van der Waals surface area contributed by atoms with Crippen LogP contribution in [0.25, 0.3) is 0 Å². The molecule has 0 spiro atoms. The summed E-state index contributed by atoms with van der Waals surface area (Å²) >= 11 is 0. The topological polar surface area (TPSA) is 93.2 Å². The van der Waals surface area contributed by atoms with Crippen LogP contribution in [0.15, 0.2) is 47.5 Å². The van der Waals surface area contributed by atoms with Crippen LogP contribution in [0.5, 0.6) is 17.2 Å². The molecular weight excluding hydrogens is 487 g/mol. The molecule has 0 aliphatic heterocycles. The maximum absolute atomic E-state index is 12.1. The third-order valence-corrected chi connectivity index (χ3v) is 3.93. The molecule has 0 saturated carbocycles. The second-order valence-electron chi connectivity index (χ2n) is 5.68. The molecular formula is C20H27IN4O4. The van der Waals surface area contributed by atoms with Gasteiger partial charge in [0.15, 0.2) is 17.5 Å². The van der Waals surface area contributed by atoms with E-state index in [1.54, 1.807) is 52.6 Å². The van der Waals surface area contributed by atoms with Crippen LogP contribution in [-0.4, -0.2) is 53.3 Å². The Morgan fingerprint density at radius 2 is 1.55 bits per heavy atom. The van der Waals surface area contributed by atoms with Gasteiger partial charge in [0.25, 0.3) is 5.91 Å². The van der Waals surface area contributed by atoms with Gasteiger partial charge in [-0.05, 0) is 36.4 Å². The van der Waals surface area contributed by atoms with Crippen LogP contribution in [-0.2, 0) is 0 Å². The number of nitrogens with zero attached hydrogens (tertiary/aromatic N) is 1. The monoisotopic (exact) mass is 514 g/mol. The lowest BCUT2D eigenvalue weighted by molar-refractivity contribution is 0.0954. The van der Waals surface area contributed by atoms with E-state index < -0.39 is 0 Å². The molecule has 0 aliphatic rings. The van der Waals surface area contributed by atoms with Gasteiger partial charge in [-0.15, -0.1) is 24.0 Å². The number of halogens is 1. The van der Waals surface area contributed by atoms with Crippen LogP contribution in [0.3, 0.4) is 0 Å². The summed E-state index contributed by atoms with van der Waals surface area (Å²) in [5.41, 5.74) is 1.38. The Kier molecular flexibility index (Phi) is 10.7. The molecule has 9 heteroatoms. The summed E-state index contributed by atoms with van der Waals surface area (Å²) in [4.78, 5) is 16.3. The van der Waals surface area contributed by atoms with E-state index >= 15 is 0 Å². The molecule has 0 fully saturated rings. The molecule has 158 valence electrons. The number of nitrogens with one attached hydrogen (secondary N) is 3. The van der Waals surface area contributed by atoms with Crippen LogP contribution >= 0.6 is 24.0 Å². The Bertz CT molecular complexity index is 813. The summed E-state index contributed by atoms with van der Waals surface area (Å²) in [5.74, 6) is 2.41. The van der Waals surface area contributed by atoms with Crippen molar-refractivity contribution >= 4 is 41.5 Å². The number of carbonyl (C=O) groups excluding carboxylic acids is 1. The first kappa shape index (κ1) is 24.3. The Morgan fingerprint density at radius 3 is 2.14 bits per heavy atom. The molecule has 8 nitrogen and oxygen atoms in total. The molecule has 1 amide bonds. The number of hydrogen-bond acceptors (Lipinski definition) is 5. The molecule has 3 N–H and O–H groups in total. The number of hydrogen-bond donors (Lipinski definition) is 3. The van der Waals surface area contributed by atoms with Crippen molar-refractivity contribution in [2.24, 2.45) is 4.99 Å². The van der Waals surface area contributed by atoms with E-state index in [9.17, 15) is 4.79 Å². The molecule has 29 heavy (non-hydrogen) atoms. The summed E-state index contributed by atoms with van der Waals surface area (Å²) in [7, 11) is 6.43. The number of methoxy groups -OCH3 is 3. The molecule has 0 radical (unpaired) electrons. The minimum Gasteiger partial charge on any atom is -0.497 e. The molecule has 0 bridgehead atoms. The normalized spacial score (nSPS) is 10.4. The lowest BCUT2D eigenvalue weighted by Gasteiger charge is -2.14. The smallest absolute Gasteiger partial charge is 0.251 e. The zero-order valence-corrected chi connectivity index (χ0v) is 19.3. The van der Waals surface area contributed by atoms with Gasteiger partial charge < -0.3 is 30.2 Å². The van der Waals surface area contributed by atoms with Crippen molar-refractivity contribution in [2.75, 3.05) is 46.8 Å². The van der Waals surface area contributed by atoms with Gasteiger partial charge in [-0.2, -0.15) is 0 Å². The number of aliphatic imine (C=N–C) groups is 1. The summed E-state index contributed by atoms with van der Waals surface area (Å²) in [6, 6.07) is 12.4. The Hall–Kier alpha value is -2.69. The highest BCUT2D eigenvalue weighted by Crippen LogP contribution is 2.29. The Labute approximate surface area is 188 Å². The predicted octanol–water partition coefficient (Wildman–Crippen LogP) is 2.75. The van der Waals surface area contributed by atoms with Crippen molar-refractivity contribution < 1.29 is 19.0 Å². The van der Waals surface area contributed by atoms with Gasteiger partial charge in [0.05, 0.1) is 21.3 Å². The maximum Gasteiger partial charge on any atom is 0.251 e. The average Bonchev–Trinajstić information content (AvgIpc) is 2.75. The second kappa shape index (κ2) is 12.7. The van der Waals surface area contributed by atoms with E-state index in [-0.39, 0.29) is 29.9 Å². The Balaban J connectivity index is 0.00000420.